The average molecular weight is 275 g/mol. The summed E-state index contributed by atoms with van der Waals surface area (Å²) >= 11 is 0. The van der Waals surface area contributed by atoms with Crippen LogP contribution in [0.5, 0.6) is 5.75 Å². The standard InChI is InChI=1S/C13H16F3NO2/c1-18-12-5-3-2-4-11(12)9-6-10(7-9)17-19-8-13(14,15)16/h2-5,9-10,17H,6-8H2,1H3. The smallest absolute Gasteiger partial charge is 0.413 e. The van der Waals surface area contributed by atoms with Crippen LogP contribution in [0.2, 0.25) is 0 Å². The summed E-state index contributed by atoms with van der Waals surface area (Å²) in [7, 11) is 1.61. The summed E-state index contributed by atoms with van der Waals surface area (Å²) in [5.74, 6) is 1.13. The third-order valence-electron chi connectivity index (χ3n) is 3.20. The van der Waals surface area contributed by atoms with Gasteiger partial charge in [0.15, 0.2) is 6.61 Å². The van der Waals surface area contributed by atoms with Gasteiger partial charge in [0.25, 0.3) is 0 Å². The maximum atomic E-state index is 11.9. The summed E-state index contributed by atoms with van der Waals surface area (Å²) in [6.45, 7) is -1.26. The lowest BCUT2D eigenvalue weighted by Crippen LogP contribution is -2.41. The number of hydrogen-bond donors (Lipinski definition) is 1. The Morgan fingerprint density at radius 3 is 2.58 bits per heavy atom. The van der Waals surface area contributed by atoms with Gasteiger partial charge in [0.1, 0.15) is 5.75 Å². The summed E-state index contributed by atoms with van der Waals surface area (Å²) < 4.78 is 40.9. The lowest BCUT2D eigenvalue weighted by atomic mass is 9.76. The molecule has 0 unspecified atom stereocenters. The molecule has 19 heavy (non-hydrogen) atoms. The predicted octanol–water partition coefficient (Wildman–Crippen LogP) is 3.02. The van der Waals surface area contributed by atoms with E-state index in [4.69, 9.17) is 4.74 Å². The highest BCUT2D eigenvalue weighted by molar-refractivity contribution is 5.37. The van der Waals surface area contributed by atoms with Gasteiger partial charge in [0.2, 0.25) is 0 Å². The summed E-state index contributed by atoms with van der Waals surface area (Å²) in [6.07, 6.45) is -2.80. The average Bonchev–Trinajstić information content (AvgIpc) is 2.31. The van der Waals surface area contributed by atoms with Gasteiger partial charge < -0.3 is 4.74 Å². The highest BCUT2D eigenvalue weighted by Gasteiger charge is 2.34. The third kappa shape index (κ3) is 3.84. The molecule has 106 valence electrons. The van der Waals surface area contributed by atoms with Crippen LogP contribution in [0.1, 0.15) is 24.3 Å². The fourth-order valence-corrected chi connectivity index (χ4v) is 2.21. The van der Waals surface area contributed by atoms with E-state index >= 15 is 0 Å². The minimum absolute atomic E-state index is 0.0303. The van der Waals surface area contributed by atoms with E-state index in [0.29, 0.717) is 5.92 Å². The predicted molar refractivity (Wildman–Crippen MR) is 63.9 cm³/mol. The number of nitrogens with one attached hydrogen (secondary N) is 1. The van der Waals surface area contributed by atoms with E-state index < -0.39 is 12.8 Å². The van der Waals surface area contributed by atoms with Gasteiger partial charge in [0, 0.05) is 6.04 Å². The molecule has 0 atom stereocenters. The van der Waals surface area contributed by atoms with Gasteiger partial charge in [-0.1, -0.05) is 18.2 Å². The fraction of sp³-hybridized carbons (Fsp3) is 0.538. The van der Waals surface area contributed by atoms with Gasteiger partial charge in [0.05, 0.1) is 7.11 Å². The number of benzene rings is 1. The molecule has 0 saturated heterocycles. The van der Waals surface area contributed by atoms with Crippen molar-refractivity contribution in [1.82, 2.24) is 5.48 Å². The minimum Gasteiger partial charge on any atom is -0.496 e. The molecule has 1 aliphatic rings. The highest BCUT2D eigenvalue weighted by Crippen LogP contribution is 2.40. The first-order chi connectivity index (χ1) is 8.99. The molecule has 1 N–H and O–H groups in total. The lowest BCUT2D eigenvalue weighted by molar-refractivity contribution is -0.195. The zero-order valence-electron chi connectivity index (χ0n) is 10.5. The molecule has 1 fully saturated rings. The number of halogens is 3. The molecule has 1 aromatic carbocycles. The zero-order valence-corrected chi connectivity index (χ0v) is 10.5. The van der Waals surface area contributed by atoms with Gasteiger partial charge in [-0.15, -0.1) is 0 Å². The van der Waals surface area contributed by atoms with E-state index in [1.54, 1.807) is 7.11 Å². The van der Waals surface area contributed by atoms with Crippen LogP contribution in [-0.4, -0.2) is 25.9 Å². The second-order valence-corrected chi connectivity index (χ2v) is 4.63. The Morgan fingerprint density at radius 1 is 1.26 bits per heavy atom. The number of ether oxygens (including phenoxy) is 1. The summed E-state index contributed by atoms with van der Waals surface area (Å²) in [5, 5.41) is 0. The van der Waals surface area contributed by atoms with Crippen LogP contribution in [-0.2, 0) is 4.84 Å². The molecule has 0 aromatic heterocycles. The molecular weight excluding hydrogens is 259 g/mol. The molecule has 1 saturated carbocycles. The monoisotopic (exact) mass is 275 g/mol. The van der Waals surface area contributed by atoms with Crippen molar-refractivity contribution in [3.63, 3.8) is 0 Å². The second kappa shape index (κ2) is 5.79. The van der Waals surface area contributed by atoms with E-state index in [9.17, 15) is 13.2 Å². The largest absolute Gasteiger partial charge is 0.496 e. The second-order valence-electron chi connectivity index (χ2n) is 4.63. The van der Waals surface area contributed by atoms with Gasteiger partial charge >= 0.3 is 6.18 Å². The van der Waals surface area contributed by atoms with Crippen LogP contribution < -0.4 is 10.2 Å². The quantitative estimate of drug-likeness (QED) is 0.838. The Morgan fingerprint density at radius 2 is 1.95 bits per heavy atom. The fourth-order valence-electron chi connectivity index (χ4n) is 2.21. The number of alkyl halides is 3. The van der Waals surface area contributed by atoms with Crippen molar-refractivity contribution in [2.24, 2.45) is 0 Å². The number of hydroxylamine groups is 1. The topological polar surface area (TPSA) is 30.5 Å². The van der Waals surface area contributed by atoms with Gasteiger partial charge in [-0.3, -0.25) is 4.84 Å². The number of hydrogen-bond acceptors (Lipinski definition) is 3. The molecule has 0 spiro atoms. The van der Waals surface area contributed by atoms with E-state index in [2.05, 4.69) is 10.3 Å². The van der Waals surface area contributed by atoms with Crippen LogP contribution in [0.4, 0.5) is 13.2 Å². The van der Waals surface area contributed by atoms with Crippen molar-refractivity contribution in [3.8, 4) is 5.75 Å². The van der Waals surface area contributed by atoms with E-state index in [0.717, 1.165) is 24.2 Å². The van der Waals surface area contributed by atoms with E-state index in [-0.39, 0.29) is 6.04 Å². The van der Waals surface area contributed by atoms with Crippen LogP contribution >= 0.6 is 0 Å². The van der Waals surface area contributed by atoms with Gasteiger partial charge in [-0.05, 0) is 30.4 Å². The first-order valence-corrected chi connectivity index (χ1v) is 6.06. The van der Waals surface area contributed by atoms with Crippen LogP contribution in [0.3, 0.4) is 0 Å². The lowest BCUT2D eigenvalue weighted by Gasteiger charge is -2.36. The molecule has 0 amide bonds. The number of methoxy groups -OCH3 is 1. The van der Waals surface area contributed by atoms with E-state index in [1.165, 1.54) is 0 Å². The van der Waals surface area contributed by atoms with Crippen LogP contribution in [0.15, 0.2) is 24.3 Å². The molecule has 0 radical (unpaired) electrons. The van der Waals surface area contributed by atoms with Crippen molar-refractivity contribution < 1.29 is 22.7 Å². The van der Waals surface area contributed by atoms with Gasteiger partial charge in [-0.2, -0.15) is 18.7 Å². The molecule has 1 aromatic rings. The SMILES string of the molecule is COc1ccccc1C1CC(NOCC(F)(F)F)C1. The first kappa shape index (κ1) is 14.1. The zero-order chi connectivity index (χ0) is 13.9. The molecule has 3 nitrogen and oxygen atoms in total. The van der Waals surface area contributed by atoms with Crippen molar-refractivity contribution in [2.45, 2.75) is 31.0 Å². The molecular formula is C13H16F3NO2. The first-order valence-electron chi connectivity index (χ1n) is 6.06. The highest BCUT2D eigenvalue weighted by atomic mass is 19.4. The Balaban J connectivity index is 1.77. The molecule has 2 rings (SSSR count). The Labute approximate surface area is 109 Å². The van der Waals surface area contributed by atoms with Crippen LogP contribution in [0, 0.1) is 0 Å². The van der Waals surface area contributed by atoms with Gasteiger partial charge in [-0.25, -0.2) is 0 Å². The van der Waals surface area contributed by atoms with Crippen LogP contribution in [0.25, 0.3) is 0 Å². The van der Waals surface area contributed by atoms with Crippen molar-refractivity contribution in [2.75, 3.05) is 13.7 Å². The molecule has 0 heterocycles. The van der Waals surface area contributed by atoms with Crippen molar-refractivity contribution in [3.05, 3.63) is 29.8 Å². The molecule has 0 aliphatic heterocycles. The third-order valence-corrected chi connectivity index (χ3v) is 3.20. The molecule has 1 aliphatic carbocycles. The van der Waals surface area contributed by atoms with Crippen molar-refractivity contribution >= 4 is 0 Å². The number of para-hydroxylation sites is 1. The van der Waals surface area contributed by atoms with E-state index in [1.807, 2.05) is 24.3 Å². The molecule has 0 bridgehead atoms. The Bertz CT molecular complexity index is 417. The van der Waals surface area contributed by atoms with Crippen molar-refractivity contribution in [1.29, 1.82) is 0 Å². The Kier molecular flexibility index (Phi) is 4.31. The molecule has 6 heteroatoms. The normalized spacial score (nSPS) is 22.9. The summed E-state index contributed by atoms with van der Waals surface area (Å²) in [4.78, 5) is 4.44. The maximum Gasteiger partial charge on any atom is 0.413 e. The summed E-state index contributed by atoms with van der Waals surface area (Å²) in [5.41, 5.74) is 3.55. The number of rotatable bonds is 5. The minimum atomic E-state index is -4.29. The Hall–Kier alpha value is -1.27. The maximum absolute atomic E-state index is 11.9. The summed E-state index contributed by atoms with van der Waals surface area (Å²) in [6, 6.07) is 7.66.